The lowest BCUT2D eigenvalue weighted by Gasteiger charge is -2.37. The van der Waals surface area contributed by atoms with Crippen molar-refractivity contribution in [1.82, 2.24) is 0 Å². The molecule has 0 N–H and O–H groups in total. The summed E-state index contributed by atoms with van der Waals surface area (Å²) in [6.07, 6.45) is 17.8. The van der Waals surface area contributed by atoms with Crippen LogP contribution in [0.3, 0.4) is 0 Å². The van der Waals surface area contributed by atoms with Gasteiger partial charge in [0, 0.05) is 5.56 Å². The van der Waals surface area contributed by atoms with Gasteiger partial charge in [0.2, 0.25) is 0 Å². The number of ether oxygens (including phenoxy) is 1. The van der Waals surface area contributed by atoms with E-state index in [1.54, 1.807) is 12.1 Å². The van der Waals surface area contributed by atoms with Gasteiger partial charge in [0.25, 0.3) is 0 Å². The first-order chi connectivity index (χ1) is 13.1. The normalized spacial score (nSPS) is 29.2. The second-order valence-electron chi connectivity index (χ2n) is 8.59. The summed E-state index contributed by atoms with van der Waals surface area (Å²) >= 11 is 6.02. The van der Waals surface area contributed by atoms with Crippen LogP contribution >= 0.6 is 11.6 Å². The van der Waals surface area contributed by atoms with Gasteiger partial charge >= 0.3 is 0 Å². The molecule has 0 spiro atoms. The summed E-state index contributed by atoms with van der Waals surface area (Å²) in [6.45, 7) is 2.31. The van der Waals surface area contributed by atoms with Crippen molar-refractivity contribution in [3.8, 4) is 5.75 Å². The van der Waals surface area contributed by atoms with Gasteiger partial charge in [-0.15, -0.1) is 0 Å². The zero-order chi connectivity index (χ0) is 19.2. The standard InChI is InChI=1S/C24H34ClFO/c1-3-4-17-5-10-19(11-6-17)20-12-7-18(8-13-20)9-14-21-15-16-22(27-2)23(25)24(21)26/h9,14-20H,3-8,10-13H2,1-2H3. The maximum atomic E-state index is 14.3. The Kier molecular flexibility index (Phi) is 7.64. The molecular formula is C24H34ClFO. The lowest BCUT2D eigenvalue weighted by molar-refractivity contribution is 0.152. The summed E-state index contributed by atoms with van der Waals surface area (Å²) in [5.74, 6) is 3.45. The molecule has 0 atom stereocenters. The van der Waals surface area contributed by atoms with E-state index >= 15 is 0 Å². The van der Waals surface area contributed by atoms with E-state index in [0.717, 1.165) is 17.8 Å². The van der Waals surface area contributed by atoms with Gasteiger partial charge in [-0.25, -0.2) is 4.39 Å². The molecule has 3 rings (SSSR count). The third-order valence-corrected chi connectivity index (χ3v) is 7.27. The van der Waals surface area contributed by atoms with Crippen molar-refractivity contribution in [2.24, 2.45) is 23.7 Å². The Morgan fingerprint density at radius 3 is 2.26 bits per heavy atom. The van der Waals surface area contributed by atoms with Crippen molar-refractivity contribution in [2.45, 2.75) is 71.1 Å². The molecule has 150 valence electrons. The van der Waals surface area contributed by atoms with Gasteiger partial charge in [-0.3, -0.25) is 0 Å². The molecule has 0 saturated heterocycles. The van der Waals surface area contributed by atoms with Crippen LogP contribution in [-0.4, -0.2) is 7.11 Å². The van der Waals surface area contributed by atoms with Crippen molar-refractivity contribution in [2.75, 3.05) is 7.11 Å². The molecule has 0 bridgehead atoms. The fourth-order valence-corrected chi connectivity index (χ4v) is 5.49. The molecule has 2 fully saturated rings. The Morgan fingerprint density at radius 2 is 1.67 bits per heavy atom. The van der Waals surface area contributed by atoms with Crippen molar-refractivity contribution >= 4 is 17.7 Å². The number of rotatable bonds is 6. The van der Waals surface area contributed by atoms with E-state index in [1.807, 2.05) is 6.08 Å². The Balaban J connectivity index is 1.49. The number of hydrogen-bond acceptors (Lipinski definition) is 1. The smallest absolute Gasteiger partial charge is 0.152 e. The Morgan fingerprint density at radius 1 is 1.04 bits per heavy atom. The predicted octanol–water partition coefficient (Wildman–Crippen LogP) is 7.91. The second kappa shape index (κ2) is 9.96. The molecular weight excluding hydrogens is 359 g/mol. The van der Waals surface area contributed by atoms with Gasteiger partial charge < -0.3 is 4.74 Å². The summed E-state index contributed by atoms with van der Waals surface area (Å²) < 4.78 is 19.4. The minimum Gasteiger partial charge on any atom is -0.495 e. The minimum absolute atomic E-state index is 0.0713. The molecule has 0 radical (unpaired) electrons. The number of halogens is 2. The summed E-state index contributed by atoms with van der Waals surface area (Å²) in [6, 6.07) is 3.48. The van der Waals surface area contributed by atoms with Gasteiger partial charge in [-0.1, -0.05) is 56.4 Å². The molecule has 0 amide bonds. The minimum atomic E-state index is -0.384. The molecule has 1 nitrogen and oxygen atoms in total. The molecule has 3 heteroatoms. The Labute approximate surface area is 169 Å². The topological polar surface area (TPSA) is 9.23 Å². The van der Waals surface area contributed by atoms with Gasteiger partial charge in [0.15, 0.2) is 5.82 Å². The van der Waals surface area contributed by atoms with Crippen molar-refractivity contribution in [3.05, 3.63) is 34.6 Å². The third kappa shape index (κ3) is 5.28. The van der Waals surface area contributed by atoms with Crippen LogP contribution in [0, 0.1) is 29.5 Å². The van der Waals surface area contributed by atoms with E-state index in [0.29, 0.717) is 17.2 Å². The largest absolute Gasteiger partial charge is 0.495 e. The van der Waals surface area contributed by atoms with E-state index in [1.165, 1.54) is 71.3 Å². The maximum Gasteiger partial charge on any atom is 0.152 e. The molecule has 2 aliphatic rings. The van der Waals surface area contributed by atoms with Crippen LogP contribution in [0.4, 0.5) is 4.39 Å². The van der Waals surface area contributed by atoms with E-state index in [-0.39, 0.29) is 10.8 Å². The Hall–Kier alpha value is -1.02. The predicted molar refractivity (Wildman–Crippen MR) is 113 cm³/mol. The van der Waals surface area contributed by atoms with Crippen LogP contribution in [-0.2, 0) is 0 Å². The number of hydrogen-bond donors (Lipinski definition) is 0. The van der Waals surface area contributed by atoms with Gasteiger partial charge in [0.1, 0.15) is 10.8 Å². The Bertz CT molecular complexity index is 626. The summed E-state index contributed by atoms with van der Waals surface area (Å²) in [7, 11) is 1.50. The fourth-order valence-electron chi connectivity index (χ4n) is 5.24. The molecule has 0 aromatic heterocycles. The van der Waals surface area contributed by atoms with Crippen LogP contribution in [0.5, 0.6) is 5.75 Å². The lowest BCUT2D eigenvalue weighted by Crippen LogP contribution is -2.25. The van der Waals surface area contributed by atoms with Gasteiger partial charge in [-0.2, -0.15) is 0 Å². The van der Waals surface area contributed by atoms with Crippen LogP contribution in [0.25, 0.3) is 6.08 Å². The molecule has 27 heavy (non-hydrogen) atoms. The van der Waals surface area contributed by atoms with Crippen molar-refractivity contribution in [3.63, 3.8) is 0 Å². The molecule has 0 heterocycles. The van der Waals surface area contributed by atoms with E-state index in [9.17, 15) is 4.39 Å². The summed E-state index contributed by atoms with van der Waals surface area (Å²) in [5.41, 5.74) is 0.553. The fraction of sp³-hybridized carbons (Fsp3) is 0.667. The highest BCUT2D eigenvalue weighted by molar-refractivity contribution is 6.32. The quantitative estimate of drug-likeness (QED) is 0.477. The molecule has 2 saturated carbocycles. The second-order valence-corrected chi connectivity index (χ2v) is 8.97. The van der Waals surface area contributed by atoms with Crippen LogP contribution in [0.2, 0.25) is 5.02 Å². The third-order valence-electron chi connectivity index (χ3n) is 6.92. The first-order valence-electron chi connectivity index (χ1n) is 10.8. The molecule has 2 aliphatic carbocycles. The number of benzene rings is 1. The molecule has 0 unspecified atom stereocenters. The van der Waals surface area contributed by atoms with Crippen LogP contribution in [0.1, 0.15) is 76.7 Å². The SMILES string of the molecule is CCCC1CCC(C2CCC(C=Cc3ccc(OC)c(Cl)c3F)CC2)CC1. The maximum absolute atomic E-state index is 14.3. The number of methoxy groups -OCH3 is 1. The lowest BCUT2D eigenvalue weighted by atomic mass is 9.68. The van der Waals surface area contributed by atoms with Crippen molar-refractivity contribution < 1.29 is 9.13 Å². The monoisotopic (exact) mass is 392 g/mol. The van der Waals surface area contributed by atoms with Gasteiger partial charge in [-0.05, 0) is 74.3 Å². The molecule has 0 aliphatic heterocycles. The first kappa shape index (κ1) is 20.7. The highest BCUT2D eigenvalue weighted by Crippen LogP contribution is 2.42. The average molecular weight is 393 g/mol. The summed E-state index contributed by atoms with van der Waals surface area (Å²) in [5, 5.41) is 0.0713. The van der Waals surface area contributed by atoms with Gasteiger partial charge in [0.05, 0.1) is 7.11 Å². The van der Waals surface area contributed by atoms with Crippen molar-refractivity contribution in [1.29, 1.82) is 0 Å². The van der Waals surface area contributed by atoms with Crippen LogP contribution in [0.15, 0.2) is 18.2 Å². The van der Waals surface area contributed by atoms with E-state index in [2.05, 4.69) is 13.0 Å². The summed E-state index contributed by atoms with van der Waals surface area (Å²) in [4.78, 5) is 0. The zero-order valence-electron chi connectivity index (χ0n) is 16.9. The zero-order valence-corrected chi connectivity index (χ0v) is 17.6. The highest BCUT2D eigenvalue weighted by atomic mass is 35.5. The number of allylic oxidation sites excluding steroid dienone is 1. The van der Waals surface area contributed by atoms with E-state index in [4.69, 9.17) is 16.3 Å². The van der Waals surface area contributed by atoms with Crippen LogP contribution < -0.4 is 4.74 Å². The first-order valence-corrected chi connectivity index (χ1v) is 11.2. The molecule has 1 aromatic carbocycles. The average Bonchev–Trinajstić information content (AvgIpc) is 2.70. The molecule has 1 aromatic rings. The highest BCUT2D eigenvalue weighted by Gasteiger charge is 2.30. The van der Waals surface area contributed by atoms with E-state index < -0.39 is 0 Å².